The van der Waals surface area contributed by atoms with Gasteiger partial charge in [0.2, 0.25) is 5.85 Å². The highest BCUT2D eigenvalue weighted by Gasteiger charge is 2.36. The highest BCUT2D eigenvalue weighted by Crippen LogP contribution is 2.25. The molecule has 0 aliphatic carbocycles. The Morgan fingerprint density at radius 1 is 1.40 bits per heavy atom. The average molecular weight is 275 g/mol. The number of aromatic nitrogens is 2. The van der Waals surface area contributed by atoms with Crippen molar-refractivity contribution in [1.29, 1.82) is 0 Å². The van der Waals surface area contributed by atoms with Crippen LogP contribution in [0.25, 0.3) is 5.57 Å². The van der Waals surface area contributed by atoms with Gasteiger partial charge in [0.1, 0.15) is 0 Å². The van der Waals surface area contributed by atoms with Gasteiger partial charge in [-0.1, -0.05) is 6.08 Å². The quantitative estimate of drug-likeness (QED) is 0.747. The molecule has 0 bridgehead atoms. The number of H-pyrrole nitrogens is 1. The van der Waals surface area contributed by atoms with Crippen molar-refractivity contribution in [3.8, 4) is 0 Å². The number of dihydropyridines is 1. The maximum Gasteiger partial charge on any atom is 0.218 e. The van der Waals surface area contributed by atoms with Gasteiger partial charge in [-0.25, -0.2) is 0 Å². The van der Waals surface area contributed by atoms with E-state index in [1.54, 1.807) is 0 Å². The van der Waals surface area contributed by atoms with Gasteiger partial charge in [-0.2, -0.15) is 5.10 Å². The van der Waals surface area contributed by atoms with Gasteiger partial charge in [0.05, 0.1) is 6.20 Å². The van der Waals surface area contributed by atoms with Gasteiger partial charge in [-0.15, -0.1) is 0 Å². The van der Waals surface area contributed by atoms with E-state index in [-0.39, 0.29) is 0 Å². The van der Waals surface area contributed by atoms with Crippen molar-refractivity contribution in [2.75, 3.05) is 32.8 Å². The summed E-state index contributed by atoms with van der Waals surface area (Å²) in [6, 6.07) is 0. The second-order valence-electron chi connectivity index (χ2n) is 4.93. The summed E-state index contributed by atoms with van der Waals surface area (Å²) in [5.74, 6) is -0.524. The fourth-order valence-electron chi connectivity index (χ4n) is 2.66. The van der Waals surface area contributed by atoms with E-state index < -0.39 is 5.85 Å². The molecule has 108 valence electrons. The van der Waals surface area contributed by atoms with Crippen LogP contribution in [0, 0.1) is 0 Å². The van der Waals surface area contributed by atoms with Gasteiger partial charge in [0.15, 0.2) is 0 Å². The van der Waals surface area contributed by atoms with Crippen molar-refractivity contribution in [2.45, 2.75) is 12.8 Å². The summed E-state index contributed by atoms with van der Waals surface area (Å²) in [5.41, 5.74) is 2.17. The number of ether oxygens (including phenoxy) is 1. The third-order valence-corrected chi connectivity index (χ3v) is 3.71. The van der Waals surface area contributed by atoms with Gasteiger partial charge in [-0.05, 0) is 13.0 Å². The summed E-state index contributed by atoms with van der Waals surface area (Å²) < 4.78 is 6.01. The Kier molecular flexibility index (Phi) is 3.86. The third-order valence-electron chi connectivity index (χ3n) is 3.71. The van der Waals surface area contributed by atoms with Crippen molar-refractivity contribution in [2.24, 2.45) is 0 Å². The Balaban J connectivity index is 1.79. The van der Waals surface area contributed by atoms with E-state index in [0.717, 1.165) is 37.3 Å². The predicted octanol–water partition coefficient (Wildman–Crippen LogP) is 0.505. The van der Waals surface area contributed by atoms with E-state index in [2.05, 4.69) is 37.9 Å². The number of hydrogen-bond acceptors (Lipinski definition) is 5. The van der Waals surface area contributed by atoms with Crippen molar-refractivity contribution in [3.05, 3.63) is 36.3 Å². The fraction of sp³-hybridized carbons (Fsp3) is 0.500. The zero-order valence-corrected chi connectivity index (χ0v) is 11.7. The SMILES string of the molecule is CCOC1(N2CCNCC2)C=CC(c2cn[nH]c2)=CN1. The summed E-state index contributed by atoms with van der Waals surface area (Å²) in [4.78, 5) is 2.33. The van der Waals surface area contributed by atoms with Crippen LogP contribution >= 0.6 is 0 Å². The van der Waals surface area contributed by atoms with Gasteiger partial charge in [0, 0.05) is 56.3 Å². The molecule has 6 nitrogen and oxygen atoms in total. The molecule has 0 saturated carbocycles. The molecule has 1 aromatic rings. The molecule has 1 fully saturated rings. The van der Waals surface area contributed by atoms with E-state index in [9.17, 15) is 0 Å². The molecule has 2 aliphatic heterocycles. The number of nitrogens with one attached hydrogen (secondary N) is 3. The van der Waals surface area contributed by atoms with Gasteiger partial charge >= 0.3 is 0 Å². The predicted molar refractivity (Wildman–Crippen MR) is 77.6 cm³/mol. The number of rotatable bonds is 4. The molecule has 1 unspecified atom stereocenters. The van der Waals surface area contributed by atoms with Crippen LogP contribution < -0.4 is 10.6 Å². The molecule has 1 aromatic heterocycles. The summed E-state index contributed by atoms with van der Waals surface area (Å²) in [6.45, 7) is 6.59. The molecule has 6 heteroatoms. The molecule has 20 heavy (non-hydrogen) atoms. The lowest BCUT2D eigenvalue weighted by Crippen LogP contribution is -2.63. The minimum Gasteiger partial charge on any atom is -0.347 e. The van der Waals surface area contributed by atoms with Crippen LogP contribution in [0.4, 0.5) is 0 Å². The molecular weight excluding hydrogens is 254 g/mol. The molecule has 3 rings (SSSR count). The van der Waals surface area contributed by atoms with Gasteiger partial charge in [0.25, 0.3) is 0 Å². The van der Waals surface area contributed by atoms with Crippen molar-refractivity contribution in [3.63, 3.8) is 0 Å². The third kappa shape index (κ3) is 2.49. The van der Waals surface area contributed by atoms with E-state index in [4.69, 9.17) is 4.74 Å². The Morgan fingerprint density at radius 3 is 2.85 bits per heavy atom. The molecule has 0 amide bonds. The van der Waals surface area contributed by atoms with Crippen molar-refractivity contribution >= 4 is 5.57 Å². The minimum atomic E-state index is -0.524. The Morgan fingerprint density at radius 2 is 2.25 bits per heavy atom. The average Bonchev–Trinajstić information content (AvgIpc) is 3.03. The zero-order valence-electron chi connectivity index (χ0n) is 11.7. The first kappa shape index (κ1) is 13.4. The first-order chi connectivity index (χ1) is 9.84. The van der Waals surface area contributed by atoms with Gasteiger partial charge < -0.3 is 15.4 Å². The van der Waals surface area contributed by atoms with Crippen molar-refractivity contribution < 1.29 is 4.74 Å². The second-order valence-corrected chi connectivity index (χ2v) is 4.93. The van der Waals surface area contributed by atoms with Gasteiger partial charge in [-0.3, -0.25) is 10.00 Å². The standard InChI is InChI=1S/C14H21N5O/c1-2-20-14(19-7-5-15-6-8-19)4-3-12(9-16-14)13-10-17-18-11-13/h3-4,9-11,15-16H,2,5-8H2,1H3,(H,17,18). The van der Waals surface area contributed by atoms with Crippen LogP contribution in [0.5, 0.6) is 0 Å². The van der Waals surface area contributed by atoms with Crippen LogP contribution in [-0.4, -0.2) is 53.7 Å². The lowest BCUT2D eigenvalue weighted by atomic mass is 10.1. The van der Waals surface area contributed by atoms with E-state index in [0.29, 0.717) is 6.61 Å². The van der Waals surface area contributed by atoms with Crippen LogP contribution in [0.3, 0.4) is 0 Å². The first-order valence-electron chi connectivity index (χ1n) is 7.10. The van der Waals surface area contributed by atoms with Crippen LogP contribution in [0.15, 0.2) is 30.7 Å². The molecule has 1 saturated heterocycles. The second kappa shape index (κ2) is 5.78. The fourth-order valence-corrected chi connectivity index (χ4v) is 2.66. The van der Waals surface area contributed by atoms with E-state index in [1.165, 1.54) is 0 Å². The monoisotopic (exact) mass is 275 g/mol. The Bertz CT molecular complexity index is 490. The topological polar surface area (TPSA) is 65.2 Å². The lowest BCUT2D eigenvalue weighted by Gasteiger charge is -2.44. The smallest absolute Gasteiger partial charge is 0.218 e. The van der Waals surface area contributed by atoms with E-state index >= 15 is 0 Å². The Labute approximate surface area is 118 Å². The highest BCUT2D eigenvalue weighted by atomic mass is 16.5. The summed E-state index contributed by atoms with van der Waals surface area (Å²) in [5, 5.41) is 13.6. The van der Waals surface area contributed by atoms with Crippen LogP contribution in [-0.2, 0) is 4.74 Å². The molecular formula is C14H21N5O. The summed E-state index contributed by atoms with van der Waals surface area (Å²) in [6.07, 6.45) is 9.90. The molecule has 2 aliphatic rings. The Hall–Kier alpha value is -1.63. The number of hydrogen-bond donors (Lipinski definition) is 3. The molecule has 0 aromatic carbocycles. The van der Waals surface area contributed by atoms with Crippen LogP contribution in [0.2, 0.25) is 0 Å². The number of allylic oxidation sites excluding steroid dienone is 2. The molecule has 0 spiro atoms. The molecule has 1 atom stereocenters. The van der Waals surface area contributed by atoms with E-state index in [1.807, 2.05) is 25.5 Å². The lowest BCUT2D eigenvalue weighted by molar-refractivity contribution is -0.137. The first-order valence-corrected chi connectivity index (χ1v) is 7.10. The number of aromatic amines is 1. The maximum absolute atomic E-state index is 6.01. The summed E-state index contributed by atoms with van der Waals surface area (Å²) in [7, 11) is 0. The normalized spacial score (nSPS) is 27.1. The molecule has 0 radical (unpaired) electrons. The number of nitrogens with zero attached hydrogens (tertiary/aromatic N) is 2. The largest absolute Gasteiger partial charge is 0.347 e. The summed E-state index contributed by atoms with van der Waals surface area (Å²) >= 11 is 0. The number of piperazine rings is 1. The zero-order chi connectivity index (χ0) is 13.8. The highest BCUT2D eigenvalue weighted by molar-refractivity contribution is 5.74. The molecule has 3 heterocycles. The minimum absolute atomic E-state index is 0.524. The van der Waals surface area contributed by atoms with Crippen molar-refractivity contribution in [1.82, 2.24) is 25.7 Å². The maximum atomic E-state index is 6.01. The molecule has 3 N–H and O–H groups in total. The van der Waals surface area contributed by atoms with Crippen LogP contribution in [0.1, 0.15) is 12.5 Å².